The second-order valence-corrected chi connectivity index (χ2v) is 9.24. The van der Waals surface area contributed by atoms with E-state index < -0.39 is 33.9 Å². The topological polar surface area (TPSA) is 157 Å². The summed E-state index contributed by atoms with van der Waals surface area (Å²) in [6, 6.07) is 14.9. The molecular weight excluding hydrogens is 430 g/mol. The lowest BCUT2D eigenvalue weighted by Crippen LogP contribution is -2.49. The molecule has 0 saturated carbocycles. The molecule has 2 aromatic rings. The van der Waals surface area contributed by atoms with E-state index in [1.807, 2.05) is 6.07 Å². The SMILES string of the molecule is N#Cc1ccc(-c2ccc(S(=O)(=O)N3CCC[C@H]3C(=O)N[C@H](C#N)CC(N)=O)cc2)cc1. The van der Waals surface area contributed by atoms with Gasteiger partial charge in [-0.1, -0.05) is 24.3 Å². The first-order chi connectivity index (χ1) is 15.3. The zero-order valence-corrected chi connectivity index (χ0v) is 17.9. The highest BCUT2D eigenvalue weighted by molar-refractivity contribution is 7.89. The number of nitriles is 2. The van der Waals surface area contributed by atoms with Gasteiger partial charge in [-0.3, -0.25) is 9.59 Å². The smallest absolute Gasteiger partial charge is 0.243 e. The molecule has 0 aliphatic carbocycles. The van der Waals surface area contributed by atoms with E-state index in [-0.39, 0.29) is 17.9 Å². The van der Waals surface area contributed by atoms with E-state index in [9.17, 15) is 18.0 Å². The van der Waals surface area contributed by atoms with Crippen LogP contribution in [0.3, 0.4) is 0 Å². The van der Waals surface area contributed by atoms with Gasteiger partial charge >= 0.3 is 0 Å². The van der Waals surface area contributed by atoms with Crippen molar-refractivity contribution < 1.29 is 18.0 Å². The van der Waals surface area contributed by atoms with Gasteiger partial charge in [0.2, 0.25) is 21.8 Å². The lowest BCUT2D eigenvalue weighted by Gasteiger charge is -2.24. The summed E-state index contributed by atoms with van der Waals surface area (Å²) in [5.41, 5.74) is 7.23. The number of nitrogens with zero attached hydrogens (tertiary/aromatic N) is 3. The van der Waals surface area contributed by atoms with Gasteiger partial charge in [0.05, 0.1) is 29.0 Å². The lowest BCUT2D eigenvalue weighted by molar-refractivity contribution is -0.125. The van der Waals surface area contributed by atoms with E-state index >= 15 is 0 Å². The predicted molar refractivity (Wildman–Crippen MR) is 115 cm³/mol. The Kier molecular flexibility index (Phi) is 6.89. The summed E-state index contributed by atoms with van der Waals surface area (Å²) in [5.74, 6) is -1.37. The van der Waals surface area contributed by atoms with Crippen molar-refractivity contribution in [3.05, 3.63) is 54.1 Å². The largest absolute Gasteiger partial charge is 0.370 e. The minimum atomic E-state index is -3.95. The van der Waals surface area contributed by atoms with Crippen LogP contribution in [-0.4, -0.2) is 43.2 Å². The van der Waals surface area contributed by atoms with Crippen molar-refractivity contribution in [2.75, 3.05) is 6.54 Å². The summed E-state index contributed by atoms with van der Waals surface area (Å²) in [5, 5.41) is 20.4. The van der Waals surface area contributed by atoms with Crippen molar-refractivity contribution in [1.82, 2.24) is 9.62 Å². The van der Waals surface area contributed by atoms with Crippen molar-refractivity contribution in [3.63, 3.8) is 0 Å². The Morgan fingerprint density at radius 3 is 2.22 bits per heavy atom. The fraction of sp³-hybridized carbons (Fsp3) is 0.273. The molecule has 2 atom stereocenters. The van der Waals surface area contributed by atoms with Crippen LogP contribution in [0, 0.1) is 22.7 Å². The number of hydrogen-bond acceptors (Lipinski definition) is 6. The van der Waals surface area contributed by atoms with Gasteiger partial charge in [-0.2, -0.15) is 14.8 Å². The van der Waals surface area contributed by atoms with Gasteiger partial charge in [0, 0.05) is 6.54 Å². The van der Waals surface area contributed by atoms with E-state index in [4.69, 9.17) is 16.3 Å². The molecule has 2 amide bonds. The monoisotopic (exact) mass is 451 g/mol. The number of hydrogen-bond donors (Lipinski definition) is 2. The molecule has 32 heavy (non-hydrogen) atoms. The van der Waals surface area contributed by atoms with Crippen molar-refractivity contribution in [3.8, 4) is 23.3 Å². The van der Waals surface area contributed by atoms with Crippen LogP contribution in [0.15, 0.2) is 53.4 Å². The molecule has 0 aromatic heterocycles. The molecule has 164 valence electrons. The molecule has 0 unspecified atom stereocenters. The molecule has 3 N–H and O–H groups in total. The third-order valence-electron chi connectivity index (χ3n) is 5.19. The summed E-state index contributed by atoms with van der Waals surface area (Å²) in [6.07, 6.45) is 0.454. The first kappa shape index (κ1) is 22.9. The second kappa shape index (κ2) is 9.60. The first-order valence-electron chi connectivity index (χ1n) is 9.87. The molecule has 1 fully saturated rings. The highest BCUT2D eigenvalue weighted by atomic mass is 32.2. The molecule has 0 bridgehead atoms. The van der Waals surface area contributed by atoms with Gasteiger partial charge in [-0.15, -0.1) is 0 Å². The summed E-state index contributed by atoms with van der Waals surface area (Å²) in [4.78, 5) is 23.7. The molecular formula is C22H21N5O4S. The normalized spacial score (nSPS) is 17.1. The maximum absolute atomic E-state index is 13.2. The van der Waals surface area contributed by atoms with Crippen LogP contribution in [0.5, 0.6) is 0 Å². The van der Waals surface area contributed by atoms with Gasteiger partial charge in [0.25, 0.3) is 0 Å². The number of benzene rings is 2. The van der Waals surface area contributed by atoms with E-state index in [1.165, 1.54) is 12.1 Å². The number of carbonyl (C=O) groups is 2. The molecule has 0 radical (unpaired) electrons. The van der Waals surface area contributed by atoms with Crippen LogP contribution in [0.1, 0.15) is 24.8 Å². The maximum Gasteiger partial charge on any atom is 0.243 e. The fourth-order valence-corrected chi connectivity index (χ4v) is 5.24. The molecule has 9 nitrogen and oxygen atoms in total. The van der Waals surface area contributed by atoms with Crippen LogP contribution in [0.4, 0.5) is 0 Å². The lowest BCUT2D eigenvalue weighted by atomic mass is 10.0. The number of amides is 2. The van der Waals surface area contributed by atoms with E-state index in [0.29, 0.717) is 18.4 Å². The molecule has 0 spiro atoms. The molecule has 1 aliphatic rings. The summed E-state index contributed by atoms with van der Waals surface area (Å²) < 4.78 is 27.5. The van der Waals surface area contributed by atoms with E-state index in [0.717, 1.165) is 15.4 Å². The molecule has 2 aromatic carbocycles. The minimum Gasteiger partial charge on any atom is -0.370 e. The van der Waals surface area contributed by atoms with Gasteiger partial charge in [-0.25, -0.2) is 8.42 Å². The predicted octanol–water partition coefficient (Wildman–Crippen LogP) is 1.26. The Labute approximate surface area is 186 Å². The average molecular weight is 452 g/mol. The zero-order valence-electron chi connectivity index (χ0n) is 17.1. The Balaban J connectivity index is 1.78. The van der Waals surface area contributed by atoms with Crippen molar-refractivity contribution in [1.29, 1.82) is 10.5 Å². The number of nitrogens with one attached hydrogen (secondary N) is 1. The van der Waals surface area contributed by atoms with Crippen molar-refractivity contribution >= 4 is 21.8 Å². The average Bonchev–Trinajstić information content (AvgIpc) is 3.29. The number of primary amides is 1. The Morgan fingerprint density at radius 2 is 1.69 bits per heavy atom. The highest BCUT2D eigenvalue weighted by Gasteiger charge is 2.40. The van der Waals surface area contributed by atoms with Crippen molar-refractivity contribution in [2.45, 2.75) is 36.2 Å². The van der Waals surface area contributed by atoms with Crippen LogP contribution >= 0.6 is 0 Å². The standard InChI is InChI=1S/C22H21N5O4S/c23-13-15-3-5-16(6-4-15)17-7-9-19(10-8-17)32(30,31)27-11-1-2-20(27)22(29)26-18(14-24)12-21(25)28/h3-10,18,20H,1-2,11-12H2,(H2,25,28)(H,26,29)/t18-,20-/m0/s1. The molecule has 3 rings (SSSR count). The zero-order chi connectivity index (χ0) is 23.3. The van der Waals surface area contributed by atoms with Crippen LogP contribution in [0.2, 0.25) is 0 Å². The van der Waals surface area contributed by atoms with Gasteiger partial charge in [-0.05, 0) is 48.2 Å². The third-order valence-corrected chi connectivity index (χ3v) is 7.11. The van der Waals surface area contributed by atoms with E-state index in [1.54, 1.807) is 42.5 Å². The second-order valence-electron chi connectivity index (χ2n) is 7.35. The Bertz CT molecular complexity index is 1190. The number of nitrogens with two attached hydrogens (primary N) is 1. The highest BCUT2D eigenvalue weighted by Crippen LogP contribution is 2.28. The Morgan fingerprint density at radius 1 is 1.09 bits per heavy atom. The van der Waals surface area contributed by atoms with Gasteiger partial charge in [0.1, 0.15) is 12.1 Å². The Hall–Kier alpha value is -3.73. The molecule has 1 aliphatic heterocycles. The number of carbonyl (C=O) groups excluding carboxylic acids is 2. The van der Waals surface area contributed by atoms with E-state index in [2.05, 4.69) is 5.32 Å². The fourth-order valence-electron chi connectivity index (χ4n) is 3.58. The quantitative estimate of drug-likeness (QED) is 0.645. The molecule has 10 heteroatoms. The van der Waals surface area contributed by atoms with Gasteiger partial charge < -0.3 is 11.1 Å². The summed E-state index contributed by atoms with van der Waals surface area (Å²) >= 11 is 0. The summed E-state index contributed by atoms with van der Waals surface area (Å²) in [6.45, 7) is 0.171. The maximum atomic E-state index is 13.2. The molecule has 1 heterocycles. The first-order valence-corrected chi connectivity index (χ1v) is 11.3. The number of rotatable bonds is 7. The van der Waals surface area contributed by atoms with Crippen LogP contribution in [-0.2, 0) is 19.6 Å². The van der Waals surface area contributed by atoms with Crippen LogP contribution in [0.25, 0.3) is 11.1 Å². The molecule has 1 saturated heterocycles. The number of sulfonamides is 1. The summed E-state index contributed by atoms with van der Waals surface area (Å²) in [7, 11) is -3.95. The van der Waals surface area contributed by atoms with Crippen molar-refractivity contribution in [2.24, 2.45) is 5.73 Å². The minimum absolute atomic E-state index is 0.0450. The third kappa shape index (κ3) is 4.94. The van der Waals surface area contributed by atoms with Gasteiger partial charge in [0.15, 0.2) is 0 Å². The van der Waals surface area contributed by atoms with Crippen LogP contribution < -0.4 is 11.1 Å².